The maximum absolute atomic E-state index is 13.0. The average molecular weight is 441 g/mol. The molecule has 0 bridgehead atoms. The maximum Gasteiger partial charge on any atom is 0.322 e. The van der Waals surface area contributed by atoms with E-state index in [2.05, 4.69) is 30.1 Å². The minimum Gasteiger partial charge on any atom is -0.353 e. The van der Waals surface area contributed by atoms with Crippen molar-refractivity contribution >= 4 is 34.3 Å². The Labute approximate surface area is 182 Å². The van der Waals surface area contributed by atoms with E-state index in [0.29, 0.717) is 26.2 Å². The van der Waals surface area contributed by atoms with Crippen LogP contribution in [0.3, 0.4) is 0 Å². The normalized spacial score (nSPS) is 13.7. The molecular formula is C20H20FN7O2S. The highest BCUT2D eigenvalue weighted by atomic mass is 32.1. The fraction of sp³-hybridized carbons (Fsp3) is 0.250. The van der Waals surface area contributed by atoms with E-state index in [9.17, 15) is 14.0 Å². The summed E-state index contributed by atoms with van der Waals surface area (Å²) in [7, 11) is 0. The SMILES string of the molecule is O=C(NCc1ccc(F)cc1)c1nnsc1NC(=O)N1CCN(c2ccccn2)CC1. The van der Waals surface area contributed by atoms with E-state index in [-0.39, 0.29) is 29.1 Å². The molecule has 0 unspecified atom stereocenters. The van der Waals surface area contributed by atoms with Gasteiger partial charge < -0.3 is 15.1 Å². The molecule has 31 heavy (non-hydrogen) atoms. The lowest BCUT2D eigenvalue weighted by Gasteiger charge is -2.35. The molecule has 2 N–H and O–H groups in total. The van der Waals surface area contributed by atoms with Gasteiger partial charge >= 0.3 is 6.03 Å². The van der Waals surface area contributed by atoms with Crippen LogP contribution in [-0.4, -0.2) is 57.6 Å². The minimum atomic E-state index is -0.464. The van der Waals surface area contributed by atoms with Crippen molar-refractivity contribution in [2.45, 2.75) is 6.54 Å². The standard InChI is InChI=1S/C20H20FN7O2S/c21-15-6-4-14(5-7-15)13-23-18(29)17-19(31-26-25-17)24-20(30)28-11-9-27(10-12-28)16-3-1-2-8-22-16/h1-8H,9-13H2,(H,23,29)(H,24,30). The number of hydrogen-bond acceptors (Lipinski definition) is 7. The zero-order chi connectivity index (χ0) is 21.6. The van der Waals surface area contributed by atoms with Crippen molar-refractivity contribution in [3.8, 4) is 0 Å². The number of nitrogens with zero attached hydrogens (tertiary/aromatic N) is 5. The quantitative estimate of drug-likeness (QED) is 0.630. The molecule has 1 aliphatic rings. The van der Waals surface area contributed by atoms with Crippen LogP contribution in [0.25, 0.3) is 0 Å². The van der Waals surface area contributed by atoms with Gasteiger partial charge in [0.05, 0.1) is 0 Å². The van der Waals surface area contributed by atoms with Crippen LogP contribution in [0, 0.1) is 5.82 Å². The summed E-state index contributed by atoms with van der Waals surface area (Å²) in [6.07, 6.45) is 1.74. The number of anilines is 2. The molecule has 3 amide bonds. The summed E-state index contributed by atoms with van der Waals surface area (Å²) in [4.78, 5) is 33.3. The molecular weight excluding hydrogens is 421 g/mol. The maximum atomic E-state index is 13.0. The van der Waals surface area contributed by atoms with Crippen LogP contribution in [-0.2, 0) is 6.54 Å². The van der Waals surface area contributed by atoms with Crippen LogP contribution in [0.1, 0.15) is 16.1 Å². The lowest BCUT2D eigenvalue weighted by molar-refractivity contribution is 0.0946. The Kier molecular flexibility index (Phi) is 6.32. The number of benzene rings is 1. The van der Waals surface area contributed by atoms with Crippen molar-refractivity contribution in [3.05, 3.63) is 65.7 Å². The number of pyridine rings is 1. The molecule has 0 radical (unpaired) electrons. The summed E-state index contributed by atoms with van der Waals surface area (Å²) in [5, 5.41) is 9.56. The Bertz CT molecular complexity index is 1040. The van der Waals surface area contributed by atoms with E-state index >= 15 is 0 Å². The van der Waals surface area contributed by atoms with Gasteiger partial charge in [-0.25, -0.2) is 14.2 Å². The number of carbonyl (C=O) groups excluding carboxylic acids is 2. The molecule has 4 rings (SSSR count). The average Bonchev–Trinajstić information content (AvgIpc) is 3.27. The zero-order valence-electron chi connectivity index (χ0n) is 16.5. The van der Waals surface area contributed by atoms with Crippen molar-refractivity contribution in [2.75, 3.05) is 36.4 Å². The number of rotatable bonds is 5. The van der Waals surface area contributed by atoms with Gasteiger partial charge in [-0.05, 0) is 29.8 Å². The van der Waals surface area contributed by atoms with E-state index in [4.69, 9.17) is 0 Å². The van der Waals surface area contributed by atoms with E-state index in [0.717, 1.165) is 22.9 Å². The molecule has 3 heterocycles. The highest BCUT2D eigenvalue weighted by Crippen LogP contribution is 2.19. The van der Waals surface area contributed by atoms with Gasteiger partial charge in [0.1, 0.15) is 11.6 Å². The predicted molar refractivity (Wildman–Crippen MR) is 115 cm³/mol. The third-order valence-corrected chi connectivity index (χ3v) is 5.47. The second-order valence-corrected chi connectivity index (χ2v) is 7.61. The van der Waals surface area contributed by atoms with Crippen molar-refractivity contribution in [1.29, 1.82) is 0 Å². The van der Waals surface area contributed by atoms with Gasteiger partial charge in [0.15, 0.2) is 10.7 Å². The third-order valence-electron chi connectivity index (χ3n) is 4.83. The van der Waals surface area contributed by atoms with Gasteiger partial charge in [0.25, 0.3) is 5.91 Å². The highest BCUT2D eigenvalue weighted by molar-refractivity contribution is 7.10. The van der Waals surface area contributed by atoms with Gasteiger partial charge in [0, 0.05) is 50.5 Å². The summed E-state index contributed by atoms with van der Waals surface area (Å²) >= 11 is 0.941. The first-order chi connectivity index (χ1) is 15.1. The molecule has 0 atom stereocenters. The third kappa shape index (κ3) is 5.12. The molecule has 1 aromatic carbocycles. The first-order valence-electron chi connectivity index (χ1n) is 9.67. The number of hydrogen-bond donors (Lipinski definition) is 2. The Morgan fingerprint density at radius 3 is 2.55 bits per heavy atom. The molecule has 1 fully saturated rings. The number of piperazine rings is 1. The Morgan fingerprint density at radius 1 is 1.06 bits per heavy atom. The van der Waals surface area contributed by atoms with Crippen LogP contribution in [0.5, 0.6) is 0 Å². The first kappa shape index (κ1) is 20.7. The molecule has 11 heteroatoms. The van der Waals surface area contributed by atoms with Crippen LogP contribution >= 0.6 is 11.5 Å². The lowest BCUT2D eigenvalue weighted by atomic mass is 10.2. The first-order valence-corrected chi connectivity index (χ1v) is 10.4. The van der Waals surface area contributed by atoms with Crippen LogP contribution in [0.15, 0.2) is 48.7 Å². The van der Waals surface area contributed by atoms with Gasteiger partial charge in [-0.1, -0.05) is 22.7 Å². The van der Waals surface area contributed by atoms with E-state index in [1.54, 1.807) is 23.2 Å². The number of amides is 3. The van der Waals surface area contributed by atoms with Crippen LogP contribution < -0.4 is 15.5 Å². The van der Waals surface area contributed by atoms with Crippen molar-refractivity contribution in [1.82, 2.24) is 24.8 Å². The number of carbonyl (C=O) groups is 2. The monoisotopic (exact) mass is 441 g/mol. The van der Waals surface area contributed by atoms with Gasteiger partial charge in [0.2, 0.25) is 0 Å². The van der Waals surface area contributed by atoms with Crippen molar-refractivity contribution in [3.63, 3.8) is 0 Å². The van der Waals surface area contributed by atoms with E-state index in [1.165, 1.54) is 12.1 Å². The second-order valence-electron chi connectivity index (χ2n) is 6.85. The van der Waals surface area contributed by atoms with E-state index < -0.39 is 5.91 Å². The van der Waals surface area contributed by atoms with E-state index in [1.807, 2.05) is 18.2 Å². The van der Waals surface area contributed by atoms with Gasteiger partial charge in [-0.15, -0.1) is 5.10 Å². The predicted octanol–water partition coefficient (Wildman–Crippen LogP) is 2.36. The fourth-order valence-electron chi connectivity index (χ4n) is 3.15. The Morgan fingerprint density at radius 2 is 1.84 bits per heavy atom. The Hall–Kier alpha value is -3.60. The topological polar surface area (TPSA) is 103 Å². The van der Waals surface area contributed by atoms with Crippen LogP contribution in [0.2, 0.25) is 0 Å². The zero-order valence-corrected chi connectivity index (χ0v) is 17.3. The molecule has 1 saturated heterocycles. The largest absolute Gasteiger partial charge is 0.353 e. The van der Waals surface area contributed by atoms with Crippen molar-refractivity contribution < 1.29 is 14.0 Å². The molecule has 2 aromatic heterocycles. The number of aromatic nitrogens is 3. The molecule has 160 valence electrons. The summed E-state index contributed by atoms with van der Waals surface area (Å²) < 4.78 is 16.8. The van der Waals surface area contributed by atoms with Crippen molar-refractivity contribution in [2.24, 2.45) is 0 Å². The minimum absolute atomic E-state index is 0.0487. The summed E-state index contributed by atoms with van der Waals surface area (Å²) in [6, 6.07) is 11.3. The highest BCUT2D eigenvalue weighted by Gasteiger charge is 2.24. The number of urea groups is 1. The summed E-state index contributed by atoms with van der Waals surface area (Å²) in [5.74, 6) is 0.0762. The second kappa shape index (κ2) is 9.47. The number of nitrogens with one attached hydrogen (secondary N) is 2. The molecule has 1 aliphatic heterocycles. The van der Waals surface area contributed by atoms with Gasteiger partial charge in [-0.3, -0.25) is 10.1 Å². The summed E-state index contributed by atoms with van der Waals surface area (Å²) in [5.41, 5.74) is 0.793. The fourth-order valence-corrected chi connectivity index (χ4v) is 3.70. The smallest absolute Gasteiger partial charge is 0.322 e. The molecule has 9 nitrogen and oxygen atoms in total. The molecule has 0 saturated carbocycles. The van der Waals surface area contributed by atoms with Crippen LogP contribution in [0.4, 0.5) is 20.0 Å². The molecule has 0 spiro atoms. The van der Waals surface area contributed by atoms with Gasteiger partial charge in [-0.2, -0.15) is 0 Å². The molecule has 3 aromatic rings. The lowest BCUT2D eigenvalue weighted by Crippen LogP contribution is -2.50. The molecule has 0 aliphatic carbocycles. The number of halogens is 1. The Balaban J connectivity index is 1.31. The summed E-state index contributed by atoms with van der Waals surface area (Å²) in [6.45, 7) is 2.59.